The van der Waals surface area contributed by atoms with Crippen molar-refractivity contribution in [1.82, 2.24) is 14.9 Å². The fourth-order valence-corrected chi connectivity index (χ4v) is 2.73. The lowest BCUT2D eigenvalue weighted by Gasteiger charge is -2.21. The molecule has 3 nitrogen and oxygen atoms in total. The minimum atomic E-state index is -0.216. The molecule has 4 heteroatoms. The second-order valence-corrected chi connectivity index (χ2v) is 5.13. The van der Waals surface area contributed by atoms with Gasteiger partial charge in [-0.2, -0.15) is 0 Å². The maximum absolute atomic E-state index is 13.3. The van der Waals surface area contributed by atoms with E-state index in [-0.39, 0.29) is 5.82 Å². The van der Waals surface area contributed by atoms with Crippen molar-refractivity contribution in [1.29, 1.82) is 0 Å². The quantitative estimate of drug-likeness (QED) is 0.898. The molecule has 1 aliphatic heterocycles. The van der Waals surface area contributed by atoms with Crippen molar-refractivity contribution in [3.05, 3.63) is 42.1 Å². The van der Waals surface area contributed by atoms with Gasteiger partial charge in [0.1, 0.15) is 11.6 Å². The molecule has 1 saturated heterocycles. The van der Waals surface area contributed by atoms with Crippen LogP contribution in [0.1, 0.15) is 24.6 Å². The first kappa shape index (κ1) is 12.4. The van der Waals surface area contributed by atoms with Gasteiger partial charge in [0.25, 0.3) is 0 Å². The Hall–Kier alpha value is -1.68. The average molecular weight is 259 g/mol. The average Bonchev–Trinajstić information content (AvgIpc) is 2.82. The number of hydrogen-bond acceptors (Lipinski definition) is 2. The van der Waals surface area contributed by atoms with Crippen LogP contribution in [-0.2, 0) is 7.05 Å². The zero-order valence-electron chi connectivity index (χ0n) is 11.1. The van der Waals surface area contributed by atoms with Crippen LogP contribution in [0.15, 0.2) is 30.5 Å². The number of rotatable bonds is 2. The number of aryl methyl sites for hydroxylation is 1. The number of aromatic nitrogens is 2. The summed E-state index contributed by atoms with van der Waals surface area (Å²) in [5, 5.41) is 3.36. The molecule has 0 atom stereocenters. The van der Waals surface area contributed by atoms with Crippen LogP contribution < -0.4 is 5.32 Å². The smallest absolute Gasteiger partial charge is 0.123 e. The summed E-state index contributed by atoms with van der Waals surface area (Å²) < 4.78 is 15.4. The topological polar surface area (TPSA) is 29.9 Å². The molecule has 1 fully saturated rings. The van der Waals surface area contributed by atoms with E-state index in [1.165, 1.54) is 12.1 Å². The summed E-state index contributed by atoms with van der Waals surface area (Å²) in [6, 6.07) is 6.62. The standard InChI is InChI=1S/C15H18FN3/c1-19-10-14(12-3-2-4-13(16)9-12)18-15(19)11-5-7-17-8-6-11/h2-4,9-11,17H,5-8H2,1H3. The van der Waals surface area contributed by atoms with Crippen molar-refractivity contribution < 1.29 is 4.39 Å². The summed E-state index contributed by atoms with van der Waals surface area (Å²) in [6.07, 6.45) is 4.23. The van der Waals surface area contributed by atoms with E-state index in [1.54, 1.807) is 6.07 Å². The van der Waals surface area contributed by atoms with E-state index in [4.69, 9.17) is 4.98 Å². The molecule has 0 aliphatic carbocycles. The summed E-state index contributed by atoms with van der Waals surface area (Å²) in [4.78, 5) is 4.71. The monoisotopic (exact) mass is 259 g/mol. The van der Waals surface area contributed by atoms with Crippen molar-refractivity contribution in [2.24, 2.45) is 7.05 Å². The summed E-state index contributed by atoms with van der Waals surface area (Å²) in [6.45, 7) is 2.10. The second kappa shape index (κ2) is 5.13. The van der Waals surface area contributed by atoms with Crippen molar-refractivity contribution >= 4 is 0 Å². The molecule has 1 aromatic heterocycles. The fourth-order valence-electron chi connectivity index (χ4n) is 2.73. The van der Waals surface area contributed by atoms with Gasteiger partial charge >= 0.3 is 0 Å². The Morgan fingerprint density at radius 3 is 2.84 bits per heavy atom. The third kappa shape index (κ3) is 2.54. The van der Waals surface area contributed by atoms with Crippen molar-refractivity contribution in [3.63, 3.8) is 0 Å². The normalized spacial score (nSPS) is 16.7. The zero-order valence-corrected chi connectivity index (χ0v) is 11.1. The van der Waals surface area contributed by atoms with Crippen LogP contribution in [0.2, 0.25) is 0 Å². The zero-order chi connectivity index (χ0) is 13.2. The molecule has 0 spiro atoms. The van der Waals surface area contributed by atoms with E-state index in [9.17, 15) is 4.39 Å². The maximum atomic E-state index is 13.3. The summed E-state index contributed by atoms with van der Waals surface area (Å²) in [7, 11) is 2.02. The number of nitrogens with one attached hydrogen (secondary N) is 1. The fraction of sp³-hybridized carbons (Fsp3) is 0.400. The predicted molar refractivity (Wildman–Crippen MR) is 73.4 cm³/mol. The van der Waals surface area contributed by atoms with Gasteiger partial charge in [0, 0.05) is 24.7 Å². The molecule has 0 radical (unpaired) electrons. The van der Waals surface area contributed by atoms with E-state index >= 15 is 0 Å². The van der Waals surface area contributed by atoms with E-state index in [0.717, 1.165) is 43.0 Å². The van der Waals surface area contributed by atoms with Gasteiger partial charge in [-0.05, 0) is 38.1 Å². The van der Waals surface area contributed by atoms with Gasteiger partial charge in [-0.1, -0.05) is 12.1 Å². The Morgan fingerprint density at radius 1 is 1.32 bits per heavy atom. The number of benzene rings is 1. The summed E-state index contributed by atoms with van der Waals surface area (Å²) >= 11 is 0. The molecule has 0 saturated carbocycles. The Morgan fingerprint density at radius 2 is 2.11 bits per heavy atom. The molecule has 3 rings (SSSR count). The number of halogens is 1. The van der Waals surface area contributed by atoms with Crippen LogP contribution in [0.3, 0.4) is 0 Å². The number of piperidine rings is 1. The first-order valence-corrected chi connectivity index (χ1v) is 6.74. The van der Waals surface area contributed by atoms with Gasteiger partial charge in [0.2, 0.25) is 0 Å². The van der Waals surface area contributed by atoms with Crippen LogP contribution in [0.5, 0.6) is 0 Å². The highest BCUT2D eigenvalue weighted by atomic mass is 19.1. The lowest BCUT2D eigenvalue weighted by molar-refractivity contribution is 0.437. The van der Waals surface area contributed by atoms with Gasteiger partial charge in [0.15, 0.2) is 0 Å². The lowest BCUT2D eigenvalue weighted by atomic mass is 9.97. The number of nitrogens with zero attached hydrogens (tertiary/aromatic N) is 2. The van der Waals surface area contributed by atoms with Gasteiger partial charge in [-0.3, -0.25) is 0 Å². The molecule has 0 unspecified atom stereocenters. The molecule has 0 bridgehead atoms. The van der Waals surface area contributed by atoms with Gasteiger partial charge in [0.05, 0.1) is 5.69 Å². The minimum absolute atomic E-state index is 0.216. The van der Waals surface area contributed by atoms with Crippen molar-refractivity contribution in [3.8, 4) is 11.3 Å². The molecule has 1 N–H and O–H groups in total. The highest BCUT2D eigenvalue weighted by Gasteiger charge is 2.20. The van der Waals surface area contributed by atoms with Crippen LogP contribution in [0.4, 0.5) is 4.39 Å². The first-order chi connectivity index (χ1) is 9.24. The van der Waals surface area contributed by atoms with Crippen LogP contribution in [-0.4, -0.2) is 22.6 Å². The van der Waals surface area contributed by atoms with Crippen molar-refractivity contribution in [2.45, 2.75) is 18.8 Å². The SMILES string of the molecule is Cn1cc(-c2cccc(F)c2)nc1C1CCNCC1. The highest BCUT2D eigenvalue weighted by Crippen LogP contribution is 2.27. The van der Waals surface area contributed by atoms with Crippen LogP contribution >= 0.6 is 0 Å². The minimum Gasteiger partial charge on any atom is -0.337 e. The molecule has 2 aromatic rings. The summed E-state index contributed by atoms with van der Waals surface area (Å²) in [5.74, 6) is 1.40. The largest absolute Gasteiger partial charge is 0.337 e. The Bertz CT molecular complexity index is 571. The third-order valence-electron chi connectivity index (χ3n) is 3.74. The maximum Gasteiger partial charge on any atom is 0.123 e. The third-order valence-corrected chi connectivity index (χ3v) is 3.74. The molecule has 100 valence electrons. The molecule has 2 heterocycles. The van der Waals surface area contributed by atoms with Gasteiger partial charge in [-0.15, -0.1) is 0 Å². The van der Waals surface area contributed by atoms with E-state index in [0.29, 0.717) is 5.92 Å². The molecule has 19 heavy (non-hydrogen) atoms. The second-order valence-electron chi connectivity index (χ2n) is 5.13. The number of hydrogen-bond donors (Lipinski definition) is 1. The van der Waals surface area contributed by atoms with E-state index < -0.39 is 0 Å². The first-order valence-electron chi connectivity index (χ1n) is 6.74. The lowest BCUT2D eigenvalue weighted by Crippen LogP contribution is -2.27. The molecule has 1 aromatic carbocycles. The Kier molecular flexibility index (Phi) is 3.34. The summed E-state index contributed by atoms with van der Waals surface area (Å²) in [5.41, 5.74) is 1.70. The van der Waals surface area contributed by atoms with Crippen molar-refractivity contribution in [2.75, 3.05) is 13.1 Å². The van der Waals surface area contributed by atoms with Crippen LogP contribution in [0.25, 0.3) is 11.3 Å². The van der Waals surface area contributed by atoms with E-state index in [1.807, 2.05) is 19.3 Å². The van der Waals surface area contributed by atoms with E-state index in [2.05, 4.69) is 9.88 Å². The van der Waals surface area contributed by atoms with Gasteiger partial charge < -0.3 is 9.88 Å². The molecule has 0 amide bonds. The molecule has 1 aliphatic rings. The van der Waals surface area contributed by atoms with Crippen LogP contribution in [0, 0.1) is 5.82 Å². The Labute approximate surface area is 112 Å². The highest BCUT2D eigenvalue weighted by molar-refractivity contribution is 5.58. The Balaban J connectivity index is 1.92. The van der Waals surface area contributed by atoms with Gasteiger partial charge in [-0.25, -0.2) is 9.37 Å². The predicted octanol–water partition coefficient (Wildman–Crippen LogP) is 2.69. The molecular weight excluding hydrogens is 241 g/mol. The molecular formula is C15H18FN3. The number of imidazole rings is 1.